The first-order valence-corrected chi connectivity index (χ1v) is 35.1. The summed E-state index contributed by atoms with van der Waals surface area (Å²) in [4.78, 5) is 38.4. The number of carbonyl (C=O) groups is 3. The molecule has 0 bridgehead atoms. The van der Waals surface area contributed by atoms with E-state index in [1.807, 2.05) is 0 Å². The Morgan fingerprint density at radius 1 is 0.266 bits per heavy atom. The Morgan fingerprint density at radius 3 is 0.772 bits per heavy atom. The summed E-state index contributed by atoms with van der Waals surface area (Å²) >= 11 is 0. The van der Waals surface area contributed by atoms with Crippen molar-refractivity contribution >= 4 is 17.9 Å². The molecule has 0 aromatic heterocycles. The minimum absolute atomic E-state index is 0.0781. The van der Waals surface area contributed by atoms with E-state index in [0.29, 0.717) is 19.3 Å². The molecule has 0 radical (unpaired) electrons. The standard InChI is InChI=1S/C73H134O6/c1-4-7-10-13-16-19-22-25-28-30-31-32-33-34-35-36-37-38-39-40-41-43-45-48-51-54-57-60-63-66-72(75)78-69-70(68-77-71(74)65-62-59-56-53-50-47-44-27-24-21-18-15-12-9-6-3)79-73(76)67-64-61-58-55-52-49-46-42-29-26-23-20-17-14-11-8-5-2/h8,11,17,20,26,29,46,49,70H,4-7,9-10,12-16,18-19,21-25,27-28,30-45,47-48,50-69H2,1-3H3/b11-8-,20-17-,29-26-,49-46-. The minimum Gasteiger partial charge on any atom is -0.462 e. The fraction of sp³-hybridized carbons (Fsp3) is 0.849. The summed E-state index contributed by atoms with van der Waals surface area (Å²) < 4.78 is 17.0. The molecule has 0 aliphatic rings. The highest BCUT2D eigenvalue weighted by atomic mass is 16.6. The molecule has 0 saturated carbocycles. The van der Waals surface area contributed by atoms with Crippen molar-refractivity contribution in [3.05, 3.63) is 48.6 Å². The van der Waals surface area contributed by atoms with Gasteiger partial charge in [-0.1, -0.05) is 352 Å². The lowest BCUT2D eigenvalue weighted by atomic mass is 10.0. The van der Waals surface area contributed by atoms with Gasteiger partial charge < -0.3 is 14.2 Å². The SMILES string of the molecule is CC/C=C\C/C=C\C/C=C\C/C=C\CCCCCCC(=O)OC(COC(=O)CCCCCCCCCCCCCCCCC)COC(=O)CCCCCCCCCCCCCCCCCCCCCCCCCCCCCCC. The van der Waals surface area contributed by atoms with Crippen molar-refractivity contribution in [2.75, 3.05) is 13.2 Å². The van der Waals surface area contributed by atoms with E-state index < -0.39 is 6.10 Å². The van der Waals surface area contributed by atoms with Gasteiger partial charge in [0.05, 0.1) is 0 Å². The molecule has 0 amide bonds. The normalized spacial score (nSPS) is 12.3. The van der Waals surface area contributed by atoms with Gasteiger partial charge in [-0.3, -0.25) is 14.4 Å². The number of allylic oxidation sites excluding steroid dienone is 8. The molecule has 1 atom stereocenters. The predicted molar refractivity (Wildman–Crippen MR) is 344 cm³/mol. The van der Waals surface area contributed by atoms with Crippen molar-refractivity contribution < 1.29 is 28.6 Å². The molecule has 462 valence electrons. The Balaban J connectivity index is 4.21. The number of hydrogen-bond donors (Lipinski definition) is 0. The second kappa shape index (κ2) is 67.9. The lowest BCUT2D eigenvalue weighted by molar-refractivity contribution is -0.167. The van der Waals surface area contributed by atoms with Gasteiger partial charge in [0.2, 0.25) is 0 Å². The molecule has 1 unspecified atom stereocenters. The van der Waals surface area contributed by atoms with E-state index >= 15 is 0 Å². The van der Waals surface area contributed by atoms with Crippen molar-refractivity contribution in [1.29, 1.82) is 0 Å². The molecule has 0 aliphatic carbocycles. The highest BCUT2D eigenvalue weighted by molar-refractivity contribution is 5.71. The monoisotopic (exact) mass is 1110 g/mol. The Hall–Kier alpha value is -2.63. The second-order valence-electron chi connectivity index (χ2n) is 23.8. The summed E-state index contributed by atoms with van der Waals surface area (Å²) in [6.07, 6.45) is 85.8. The fourth-order valence-electron chi connectivity index (χ4n) is 10.6. The molecule has 6 nitrogen and oxygen atoms in total. The Kier molecular flexibility index (Phi) is 65.6. The highest BCUT2D eigenvalue weighted by Crippen LogP contribution is 2.19. The lowest BCUT2D eigenvalue weighted by Crippen LogP contribution is -2.30. The molecule has 79 heavy (non-hydrogen) atoms. The van der Waals surface area contributed by atoms with Gasteiger partial charge in [-0.15, -0.1) is 0 Å². The number of hydrogen-bond acceptors (Lipinski definition) is 6. The van der Waals surface area contributed by atoms with Gasteiger partial charge in [0.15, 0.2) is 6.10 Å². The molecular weight excluding hydrogens is 973 g/mol. The molecule has 0 aromatic carbocycles. The van der Waals surface area contributed by atoms with Gasteiger partial charge in [-0.05, 0) is 57.8 Å². The van der Waals surface area contributed by atoms with Crippen LogP contribution in [0.5, 0.6) is 0 Å². The zero-order valence-electron chi connectivity index (χ0n) is 53.2. The largest absolute Gasteiger partial charge is 0.462 e. The van der Waals surface area contributed by atoms with E-state index in [9.17, 15) is 14.4 Å². The molecule has 0 spiro atoms. The average Bonchev–Trinajstić information content (AvgIpc) is 3.45. The lowest BCUT2D eigenvalue weighted by Gasteiger charge is -2.18. The third-order valence-corrected chi connectivity index (χ3v) is 15.8. The molecule has 0 saturated heterocycles. The Bertz CT molecular complexity index is 1360. The maximum absolute atomic E-state index is 12.9. The average molecular weight is 1110 g/mol. The Morgan fingerprint density at radius 2 is 0.494 bits per heavy atom. The van der Waals surface area contributed by atoms with Crippen LogP contribution in [0.4, 0.5) is 0 Å². The number of rotatable bonds is 65. The molecule has 0 fully saturated rings. The number of esters is 3. The number of unbranched alkanes of at least 4 members (excludes halogenated alkanes) is 46. The summed E-state index contributed by atoms with van der Waals surface area (Å²) in [5.41, 5.74) is 0. The van der Waals surface area contributed by atoms with E-state index in [1.54, 1.807) is 0 Å². The first kappa shape index (κ1) is 76.4. The third-order valence-electron chi connectivity index (χ3n) is 15.8. The van der Waals surface area contributed by atoms with Crippen LogP contribution < -0.4 is 0 Å². The van der Waals surface area contributed by atoms with Crippen LogP contribution in [0.15, 0.2) is 48.6 Å². The maximum atomic E-state index is 12.9. The second-order valence-corrected chi connectivity index (χ2v) is 23.8. The van der Waals surface area contributed by atoms with E-state index in [1.165, 1.54) is 244 Å². The summed E-state index contributed by atoms with van der Waals surface area (Å²) in [6, 6.07) is 0. The van der Waals surface area contributed by atoms with Crippen LogP contribution in [0.1, 0.15) is 380 Å². The molecule has 0 rings (SSSR count). The van der Waals surface area contributed by atoms with Crippen LogP contribution in [-0.4, -0.2) is 37.2 Å². The van der Waals surface area contributed by atoms with Gasteiger partial charge in [0.25, 0.3) is 0 Å². The summed E-state index contributed by atoms with van der Waals surface area (Å²) in [7, 11) is 0. The van der Waals surface area contributed by atoms with Crippen LogP contribution in [0.3, 0.4) is 0 Å². The van der Waals surface area contributed by atoms with Crippen LogP contribution in [0, 0.1) is 0 Å². The van der Waals surface area contributed by atoms with Crippen molar-refractivity contribution in [1.82, 2.24) is 0 Å². The van der Waals surface area contributed by atoms with Gasteiger partial charge in [-0.2, -0.15) is 0 Å². The van der Waals surface area contributed by atoms with Crippen molar-refractivity contribution in [2.24, 2.45) is 0 Å². The Labute approximate surface area is 492 Å². The molecular formula is C73H134O6. The minimum atomic E-state index is -0.784. The first-order chi connectivity index (χ1) is 39.0. The summed E-state index contributed by atoms with van der Waals surface area (Å²) in [5, 5.41) is 0. The zero-order valence-corrected chi connectivity index (χ0v) is 53.2. The van der Waals surface area contributed by atoms with Crippen LogP contribution in [-0.2, 0) is 28.6 Å². The number of ether oxygens (including phenoxy) is 3. The smallest absolute Gasteiger partial charge is 0.306 e. The summed E-state index contributed by atoms with van der Waals surface area (Å²) in [5.74, 6) is -0.876. The van der Waals surface area contributed by atoms with E-state index in [-0.39, 0.29) is 31.1 Å². The van der Waals surface area contributed by atoms with Gasteiger partial charge in [0.1, 0.15) is 13.2 Å². The third kappa shape index (κ3) is 66.1. The first-order valence-electron chi connectivity index (χ1n) is 35.1. The number of carbonyl (C=O) groups excluding carboxylic acids is 3. The van der Waals surface area contributed by atoms with Gasteiger partial charge >= 0.3 is 17.9 Å². The molecule has 0 heterocycles. The van der Waals surface area contributed by atoms with Gasteiger partial charge in [-0.25, -0.2) is 0 Å². The van der Waals surface area contributed by atoms with E-state index in [4.69, 9.17) is 14.2 Å². The predicted octanol–water partition coefficient (Wildman–Crippen LogP) is 24.1. The van der Waals surface area contributed by atoms with Crippen molar-refractivity contribution in [3.8, 4) is 0 Å². The molecule has 0 N–H and O–H groups in total. The molecule has 0 aliphatic heterocycles. The maximum Gasteiger partial charge on any atom is 0.306 e. The highest BCUT2D eigenvalue weighted by Gasteiger charge is 2.19. The summed E-state index contributed by atoms with van der Waals surface area (Å²) in [6.45, 7) is 6.58. The topological polar surface area (TPSA) is 78.9 Å². The zero-order chi connectivity index (χ0) is 57.1. The van der Waals surface area contributed by atoms with Crippen LogP contribution in [0.2, 0.25) is 0 Å². The quantitative estimate of drug-likeness (QED) is 0.0261. The van der Waals surface area contributed by atoms with Crippen LogP contribution in [0.25, 0.3) is 0 Å². The van der Waals surface area contributed by atoms with Crippen molar-refractivity contribution in [3.63, 3.8) is 0 Å². The van der Waals surface area contributed by atoms with Crippen LogP contribution >= 0.6 is 0 Å². The van der Waals surface area contributed by atoms with Gasteiger partial charge in [0, 0.05) is 19.3 Å². The van der Waals surface area contributed by atoms with Crippen molar-refractivity contribution in [2.45, 2.75) is 386 Å². The van der Waals surface area contributed by atoms with E-state index in [2.05, 4.69) is 69.4 Å². The van der Waals surface area contributed by atoms with E-state index in [0.717, 1.165) is 96.3 Å². The molecule has 6 heteroatoms. The fourth-order valence-corrected chi connectivity index (χ4v) is 10.6. The molecule has 0 aromatic rings.